The van der Waals surface area contributed by atoms with E-state index in [-0.39, 0.29) is 29.7 Å². The zero-order valence-corrected chi connectivity index (χ0v) is 18.3. The molecule has 0 saturated carbocycles. The number of amides is 1. The molecule has 0 atom stereocenters. The van der Waals surface area contributed by atoms with Crippen molar-refractivity contribution in [1.29, 1.82) is 0 Å². The average Bonchev–Trinajstić information content (AvgIpc) is 2.77. The molecule has 0 radical (unpaired) electrons. The maximum absolute atomic E-state index is 13.3. The number of fused-ring (bicyclic) bond motifs is 1. The van der Waals surface area contributed by atoms with Gasteiger partial charge >= 0.3 is 0 Å². The van der Waals surface area contributed by atoms with E-state index in [2.05, 4.69) is 22.3 Å². The second-order valence-corrected chi connectivity index (χ2v) is 8.44. The first-order valence-corrected chi connectivity index (χ1v) is 10.8. The molecule has 0 saturated heterocycles. The van der Waals surface area contributed by atoms with Crippen LogP contribution in [0.4, 0.5) is 10.1 Å². The van der Waals surface area contributed by atoms with Crippen molar-refractivity contribution in [3.8, 4) is 0 Å². The summed E-state index contributed by atoms with van der Waals surface area (Å²) < 4.78 is 14.6. The van der Waals surface area contributed by atoms with Crippen LogP contribution in [0.15, 0.2) is 59.4 Å². The number of aromatic nitrogens is 2. The molecule has 1 aliphatic heterocycles. The van der Waals surface area contributed by atoms with Crippen LogP contribution >= 0.6 is 0 Å². The predicted molar refractivity (Wildman–Crippen MR) is 122 cm³/mol. The Morgan fingerprint density at radius 2 is 1.84 bits per heavy atom. The monoisotopic (exact) mass is 434 g/mol. The number of rotatable bonds is 6. The fraction of sp³-hybridized carbons (Fsp3) is 0.320. The average molecular weight is 435 g/mol. The van der Waals surface area contributed by atoms with E-state index in [4.69, 9.17) is 4.98 Å². The smallest absolute Gasteiger partial charge is 0.257 e. The highest BCUT2D eigenvalue weighted by atomic mass is 19.1. The summed E-state index contributed by atoms with van der Waals surface area (Å²) in [7, 11) is 0. The molecule has 6 nitrogen and oxygen atoms in total. The normalized spacial score (nSPS) is 13.8. The zero-order chi connectivity index (χ0) is 22.7. The standard InChI is InChI=1S/C25H27FN4O2/c1-17(2)24-28-22-15-29(14-18-6-4-3-5-7-18)13-12-21(22)25(32)30(24)16-23(31)27-20-10-8-19(26)9-11-20/h3-11,17H,12-16H2,1-2H3,(H,27,31). The van der Waals surface area contributed by atoms with Crippen LogP contribution in [0.25, 0.3) is 0 Å². The Kier molecular flexibility index (Phi) is 6.46. The molecular weight excluding hydrogens is 407 g/mol. The zero-order valence-electron chi connectivity index (χ0n) is 18.3. The Balaban J connectivity index is 1.56. The molecule has 4 rings (SSSR count). The molecule has 2 aromatic carbocycles. The Morgan fingerprint density at radius 1 is 1.12 bits per heavy atom. The van der Waals surface area contributed by atoms with Gasteiger partial charge in [0.1, 0.15) is 18.2 Å². The van der Waals surface area contributed by atoms with Crippen molar-refractivity contribution < 1.29 is 9.18 Å². The van der Waals surface area contributed by atoms with Crippen LogP contribution in [0.3, 0.4) is 0 Å². The summed E-state index contributed by atoms with van der Waals surface area (Å²) in [4.78, 5) is 33.0. The van der Waals surface area contributed by atoms with Gasteiger partial charge in [-0.1, -0.05) is 44.2 Å². The van der Waals surface area contributed by atoms with Crippen LogP contribution in [-0.4, -0.2) is 26.9 Å². The maximum atomic E-state index is 13.3. The summed E-state index contributed by atoms with van der Waals surface area (Å²) in [6.45, 7) is 5.99. The maximum Gasteiger partial charge on any atom is 0.257 e. The number of hydrogen-bond acceptors (Lipinski definition) is 4. The van der Waals surface area contributed by atoms with Crippen molar-refractivity contribution in [3.05, 3.63) is 93.4 Å². The lowest BCUT2D eigenvalue weighted by atomic mass is 10.0. The third-order valence-corrected chi connectivity index (χ3v) is 5.62. The van der Waals surface area contributed by atoms with E-state index in [1.54, 1.807) is 0 Å². The molecule has 1 amide bonds. The SMILES string of the molecule is CC(C)c1nc2c(c(=O)n1CC(=O)Nc1ccc(F)cc1)CCN(Cc1ccccc1)C2. The van der Waals surface area contributed by atoms with E-state index in [0.29, 0.717) is 30.0 Å². The minimum atomic E-state index is -0.374. The highest BCUT2D eigenvalue weighted by Gasteiger charge is 2.25. The quantitative estimate of drug-likeness (QED) is 0.642. The molecule has 0 bridgehead atoms. The number of halogens is 1. The number of nitrogens with zero attached hydrogens (tertiary/aromatic N) is 3. The summed E-state index contributed by atoms with van der Waals surface area (Å²) in [5.41, 5.74) is 3.06. The first-order valence-electron chi connectivity index (χ1n) is 10.8. The minimum absolute atomic E-state index is 0.0175. The second-order valence-electron chi connectivity index (χ2n) is 8.44. The second kappa shape index (κ2) is 9.44. The molecular formula is C25H27FN4O2. The molecule has 1 N–H and O–H groups in total. The summed E-state index contributed by atoms with van der Waals surface area (Å²) in [6, 6.07) is 15.8. The van der Waals surface area contributed by atoms with Crippen molar-refractivity contribution in [1.82, 2.24) is 14.5 Å². The molecule has 3 aromatic rings. The summed E-state index contributed by atoms with van der Waals surface area (Å²) in [5, 5.41) is 2.72. The van der Waals surface area contributed by atoms with Crippen LogP contribution in [0, 0.1) is 5.82 Å². The molecule has 2 heterocycles. The topological polar surface area (TPSA) is 67.2 Å². The molecule has 1 aliphatic rings. The molecule has 32 heavy (non-hydrogen) atoms. The van der Waals surface area contributed by atoms with E-state index in [9.17, 15) is 14.0 Å². The summed E-state index contributed by atoms with van der Waals surface area (Å²) in [5.74, 6) is -0.133. The van der Waals surface area contributed by atoms with Gasteiger partial charge in [-0.15, -0.1) is 0 Å². The van der Waals surface area contributed by atoms with Crippen molar-refractivity contribution >= 4 is 11.6 Å². The lowest BCUT2D eigenvalue weighted by Crippen LogP contribution is -2.40. The highest BCUT2D eigenvalue weighted by Crippen LogP contribution is 2.20. The van der Waals surface area contributed by atoms with Crippen LogP contribution in [-0.2, 0) is 30.8 Å². The molecule has 0 aliphatic carbocycles. The molecule has 166 valence electrons. The Hall–Kier alpha value is -3.32. The first-order chi connectivity index (χ1) is 15.4. The van der Waals surface area contributed by atoms with Gasteiger partial charge in [0, 0.05) is 36.8 Å². The van der Waals surface area contributed by atoms with E-state index in [0.717, 1.165) is 18.8 Å². The van der Waals surface area contributed by atoms with E-state index < -0.39 is 0 Å². The number of carbonyl (C=O) groups is 1. The number of benzene rings is 2. The predicted octanol–water partition coefficient (Wildman–Crippen LogP) is 3.70. The van der Waals surface area contributed by atoms with E-state index in [1.165, 1.54) is 34.4 Å². The third-order valence-electron chi connectivity index (χ3n) is 5.62. The Morgan fingerprint density at radius 3 is 2.53 bits per heavy atom. The Bertz CT molecular complexity index is 1160. The fourth-order valence-corrected chi connectivity index (χ4v) is 4.05. The van der Waals surface area contributed by atoms with Gasteiger partial charge in [-0.05, 0) is 36.2 Å². The molecule has 0 unspecified atom stereocenters. The molecule has 7 heteroatoms. The number of hydrogen-bond donors (Lipinski definition) is 1. The third kappa shape index (κ3) is 4.94. The van der Waals surface area contributed by atoms with Crippen molar-refractivity contribution in [2.45, 2.75) is 45.8 Å². The van der Waals surface area contributed by atoms with Gasteiger partial charge in [0.15, 0.2) is 0 Å². The van der Waals surface area contributed by atoms with E-state index >= 15 is 0 Å². The largest absolute Gasteiger partial charge is 0.325 e. The van der Waals surface area contributed by atoms with Crippen molar-refractivity contribution in [3.63, 3.8) is 0 Å². The van der Waals surface area contributed by atoms with Gasteiger partial charge in [0.2, 0.25) is 5.91 Å². The lowest BCUT2D eigenvalue weighted by Gasteiger charge is -2.29. The van der Waals surface area contributed by atoms with Crippen LogP contribution in [0.1, 0.15) is 42.4 Å². The molecule has 1 aromatic heterocycles. The first kappa shape index (κ1) is 21.9. The van der Waals surface area contributed by atoms with Gasteiger partial charge < -0.3 is 5.32 Å². The number of anilines is 1. The van der Waals surface area contributed by atoms with E-state index in [1.807, 2.05) is 32.0 Å². The number of nitrogens with one attached hydrogen (secondary N) is 1. The summed E-state index contributed by atoms with van der Waals surface area (Å²) in [6.07, 6.45) is 0.603. The van der Waals surface area contributed by atoms with Crippen LogP contribution in [0.5, 0.6) is 0 Å². The molecule has 0 spiro atoms. The summed E-state index contributed by atoms with van der Waals surface area (Å²) >= 11 is 0. The van der Waals surface area contributed by atoms with Crippen molar-refractivity contribution in [2.24, 2.45) is 0 Å². The van der Waals surface area contributed by atoms with Crippen LogP contribution < -0.4 is 10.9 Å². The van der Waals surface area contributed by atoms with Gasteiger partial charge in [0.25, 0.3) is 5.56 Å². The van der Waals surface area contributed by atoms with Gasteiger partial charge in [-0.2, -0.15) is 0 Å². The fourth-order valence-electron chi connectivity index (χ4n) is 4.05. The van der Waals surface area contributed by atoms with Crippen molar-refractivity contribution in [2.75, 3.05) is 11.9 Å². The van der Waals surface area contributed by atoms with Gasteiger partial charge in [0.05, 0.1) is 5.69 Å². The highest BCUT2D eigenvalue weighted by molar-refractivity contribution is 5.90. The van der Waals surface area contributed by atoms with Gasteiger partial charge in [-0.25, -0.2) is 9.37 Å². The number of carbonyl (C=O) groups excluding carboxylic acids is 1. The molecule has 0 fully saturated rings. The lowest BCUT2D eigenvalue weighted by molar-refractivity contribution is -0.116. The van der Waals surface area contributed by atoms with Crippen LogP contribution in [0.2, 0.25) is 0 Å². The minimum Gasteiger partial charge on any atom is -0.325 e. The van der Waals surface area contributed by atoms with Gasteiger partial charge in [-0.3, -0.25) is 19.1 Å². The Labute approximate surface area is 186 Å².